The summed E-state index contributed by atoms with van der Waals surface area (Å²) in [4.78, 5) is 22.5. The lowest BCUT2D eigenvalue weighted by Gasteiger charge is -2.27. The number of nitrogens with zero attached hydrogens (tertiary/aromatic N) is 3. The van der Waals surface area contributed by atoms with Gasteiger partial charge in [-0.25, -0.2) is 13.4 Å². The molecular weight excluding hydrogens is 446 g/mol. The van der Waals surface area contributed by atoms with Gasteiger partial charge < -0.3 is 4.74 Å². The maximum absolute atomic E-state index is 13.5. The van der Waals surface area contributed by atoms with Crippen LogP contribution in [0.1, 0.15) is 22.3 Å². The molecule has 0 aliphatic carbocycles. The van der Waals surface area contributed by atoms with Crippen molar-refractivity contribution in [2.24, 2.45) is 0 Å². The minimum Gasteiger partial charge on any atom is -0.379 e. The number of thiazole rings is 1. The fourth-order valence-corrected chi connectivity index (χ4v) is 5.50. The van der Waals surface area contributed by atoms with E-state index >= 15 is 0 Å². The number of amides is 1. The molecular formula is C23H27N3O4S2. The first-order chi connectivity index (χ1) is 15.3. The summed E-state index contributed by atoms with van der Waals surface area (Å²) in [6.45, 7) is 6.62. The number of ether oxygens (including phenoxy) is 1. The molecule has 1 aliphatic rings. The molecule has 0 unspecified atom stereocenters. The van der Waals surface area contributed by atoms with Gasteiger partial charge in [0.15, 0.2) is 15.0 Å². The molecule has 0 radical (unpaired) electrons. The molecule has 0 spiro atoms. The van der Waals surface area contributed by atoms with Gasteiger partial charge in [-0.3, -0.25) is 14.6 Å². The first kappa shape index (κ1) is 22.8. The van der Waals surface area contributed by atoms with Gasteiger partial charge in [0.05, 0.1) is 28.3 Å². The average molecular weight is 474 g/mol. The van der Waals surface area contributed by atoms with Crippen LogP contribution in [-0.4, -0.2) is 69.9 Å². The first-order valence-electron chi connectivity index (χ1n) is 10.6. The van der Waals surface area contributed by atoms with E-state index in [1.54, 1.807) is 17.0 Å². The molecule has 1 aromatic heterocycles. The molecule has 0 atom stereocenters. The summed E-state index contributed by atoms with van der Waals surface area (Å²) in [5.74, 6) is -0.241. The molecule has 7 nitrogen and oxygen atoms in total. The van der Waals surface area contributed by atoms with Crippen molar-refractivity contribution in [3.8, 4) is 0 Å². The summed E-state index contributed by atoms with van der Waals surface area (Å²) in [5.41, 5.74) is 2.29. The van der Waals surface area contributed by atoms with Crippen LogP contribution >= 0.6 is 11.3 Å². The molecule has 4 rings (SSSR count). The molecule has 1 fully saturated rings. The quantitative estimate of drug-likeness (QED) is 0.523. The van der Waals surface area contributed by atoms with E-state index in [4.69, 9.17) is 9.72 Å². The van der Waals surface area contributed by atoms with Gasteiger partial charge >= 0.3 is 0 Å². The second-order valence-corrected chi connectivity index (χ2v) is 11.0. The number of rotatable bonds is 7. The van der Waals surface area contributed by atoms with Gasteiger partial charge in [0.25, 0.3) is 5.91 Å². The Morgan fingerprint density at radius 1 is 1.19 bits per heavy atom. The van der Waals surface area contributed by atoms with Crippen LogP contribution in [0.4, 0.5) is 5.13 Å². The van der Waals surface area contributed by atoms with Gasteiger partial charge in [0, 0.05) is 38.0 Å². The lowest BCUT2D eigenvalue weighted by Crippen LogP contribution is -2.39. The third-order valence-electron chi connectivity index (χ3n) is 5.55. The number of anilines is 1. The van der Waals surface area contributed by atoms with E-state index in [0.29, 0.717) is 17.2 Å². The number of carbonyl (C=O) groups excluding carboxylic acids is 1. The van der Waals surface area contributed by atoms with Crippen molar-refractivity contribution in [1.82, 2.24) is 9.88 Å². The van der Waals surface area contributed by atoms with Crippen molar-refractivity contribution in [2.45, 2.75) is 18.2 Å². The van der Waals surface area contributed by atoms with Crippen molar-refractivity contribution >= 4 is 42.4 Å². The predicted octanol–water partition coefficient (Wildman–Crippen LogP) is 3.38. The van der Waals surface area contributed by atoms with Crippen molar-refractivity contribution < 1.29 is 17.9 Å². The highest BCUT2D eigenvalue weighted by Gasteiger charge is 2.23. The van der Waals surface area contributed by atoms with Crippen LogP contribution in [0.15, 0.2) is 47.4 Å². The highest BCUT2D eigenvalue weighted by atomic mass is 32.2. The highest BCUT2D eigenvalue weighted by Crippen LogP contribution is 2.31. The zero-order valence-electron chi connectivity index (χ0n) is 18.3. The summed E-state index contributed by atoms with van der Waals surface area (Å²) in [6.07, 6.45) is 1.93. The van der Waals surface area contributed by atoms with Gasteiger partial charge in [0.2, 0.25) is 0 Å². The summed E-state index contributed by atoms with van der Waals surface area (Å²) in [7, 11) is -3.41. The molecule has 2 heterocycles. The third-order valence-corrected chi connectivity index (χ3v) is 7.71. The molecule has 1 saturated heterocycles. The molecule has 0 bridgehead atoms. The minimum atomic E-state index is -3.41. The van der Waals surface area contributed by atoms with Gasteiger partial charge in [-0.2, -0.15) is 0 Å². The van der Waals surface area contributed by atoms with Gasteiger partial charge in [-0.05, 0) is 43.2 Å². The molecule has 1 aliphatic heterocycles. The fraction of sp³-hybridized carbons (Fsp3) is 0.391. The van der Waals surface area contributed by atoms with Crippen molar-refractivity contribution in [1.29, 1.82) is 0 Å². The van der Waals surface area contributed by atoms with Crippen LogP contribution in [-0.2, 0) is 14.6 Å². The monoisotopic (exact) mass is 473 g/mol. The van der Waals surface area contributed by atoms with Crippen molar-refractivity contribution in [3.63, 3.8) is 0 Å². The Hall–Kier alpha value is -2.33. The van der Waals surface area contributed by atoms with E-state index in [0.717, 1.165) is 61.3 Å². The van der Waals surface area contributed by atoms with Crippen LogP contribution in [0.5, 0.6) is 0 Å². The number of hydrogen-bond acceptors (Lipinski definition) is 7. The van der Waals surface area contributed by atoms with E-state index in [1.807, 2.05) is 25.1 Å². The molecule has 3 aromatic rings. The van der Waals surface area contributed by atoms with E-state index in [2.05, 4.69) is 4.90 Å². The number of hydrogen-bond donors (Lipinski definition) is 0. The van der Waals surface area contributed by atoms with E-state index in [9.17, 15) is 13.2 Å². The summed E-state index contributed by atoms with van der Waals surface area (Å²) < 4.78 is 30.4. The maximum atomic E-state index is 13.5. The Morgan fingerprint density at radius 2 is 1.94 bits per heavy atom. The van der Waals surface area contributed by atoms with Crippen molar-refractivity contribution in [2.75, 3.05) is 50.5 Å². The highest BCUT2D eigenvalue weighted by molar-refractivity contribution is 7.90. The molecule has 170 valence electrons. The number of sulfone groups is 1. The normalized spacial score (nSPS) is 15.2. The number of para-hydroxylation sites is 1. The van der Waals surface area contributed by atoms with Crippen LogP contribution in [0.25, 0.3) is 10.2 Å². The fourth-order valence-electron chi connectivity index (χ4n) is 3.77. The van der Waals surface area contributed by atoms with Crippen LogP contribution < -0.4 is 4.90 Å². The Balaban J connectivity index is 1.63. The Bertz CT molecular complexity index is 1220. The first-order valence-corrected chi connectivity index (χ1v) is 13.3. The van der Waals surface area contributed by atoms with E-state index in [-0.39, 0.29) is 10.8 Å². The maximum Gasteiger partial charge on any atom is 0.260 e. The van der Waals surface area contributed by atoms with Gasteiger partial charge in [-0.1, -0.05) is 29.5 Å². The molecule has 0 saturated carbocycles. The summed E-state index contributed by atoms with van der Waals surface area (Å²) >= 11 is 1.48. The number of fused-ring (bicyclic) bond motifs is 1. The van der Waals surface area contributed by atoms with Crippen LogP contribution in [0, 0.1) is 6.92 Å². The number of aromatic nitrogens is 1. The van der Waals surface area contributed by atoms with E-state index in [1.165, 1.54) is 23.5 Å². The standard InChI is InChI=1S/C23H27N3O4S2/c1-17-6-3-9-20-21(17)24-23(31-20)26(11-5-10-25-12-14-30-15-13-25)22(27)18-7-4-8-19(16-18)32(2,28)29/h3-4,6-9,16H,5,10-15H2,1-2H3. The molecule has 2 aromatic carbocycles. The predicted molar refractivity (Wildman–Crippen MR) is 127 cm³/mol. The molecule has 32 heavy (non-hydrogen) atoms. The van der Waals surface area contributed by atoms with Gasteiger partial charge in [-0.15, -0.1) is 0 Å². The second kappa shape index (κ2) is 9.66. The third kappa shape index (κ3) is 5.17. The smallest absolute Gasteiger partial charge is 0.260 e. The number of aryl methyl sites for hydroxylation is 1. The average Bonchev–Trinajstić information content (AvgIpc) is 3.22. The van der Waals surface area contributed by atoms with E-state index < -0.39 is 9.84 Å². The summed E-state index contributed by atoms with van der Waals surface area (Å²) in [6, 6.07) is 12.2. The Kier molecular flexibility index (Phi) is 6.90. The minimum absolute atomic E-state index is 0.136. The second-order valence-electron chi connectivity index (χ2n) is 7.98. The number of benzene rings is 2. The number of morpholine rings is 1. The van der Waals surface area contributed by atoms with Crippen LogP contribution in [0.3, 0.4) is 0 Å². The zero-order valence-corrected chi connectivity index (χ0v) is 19.9. The Labute approximate surface area is 192 Å². The summed E-state index contributed by atoms with van der Waals surface area (Å²) in [5, 5.41) is 0.631. The SMILES string of the molecule is Cc1cccc2sc(N(CCCN3CCOCC3)C(=O)c3cccc(S(C)(=O)=O)c3)nc12. The number of carbonyl (C=O) groups is 1. The molecule has 1 amide bonds. The topological polar surface area (TPSA) is 79.8 Å². The lowest BCUT2D eigenvalue weighted by atomic mass is 10.2. The molecule has 0 N–H and O–H groups in total. The Morgan fingerprint density at radius 3 is 2.66 bits per heavy atom. The lowest BCUT2D eigenvalue weighted by molar-refractivity contribution is 0.0376. The zero-order chi connectivity index (χ0) is 22.7. The van der Waals surface area contributed by atoms with Crippen molar-refractivity contribution in [3.05, 3.63) is 53.6 Å². The van der Waals surface area contributed by atoms with Crippen LogP contribution in [0.2, 0.25) is 0 Å². The molecule has 9 heteroatoms. The largest absolute Gasteiger partial charge is 0.379 e. The van der Waals surface area contributed by atoms with Gasteiger partial charge in [0.1, 0.15) is 0 Å².